The van der Waals surface area contributed by atoms with Crippen molar-refractivity contribution >= 4 is 29.3 Å². The SMILES string of the molecule is Cc1cccc(CSCCNC(=O)C(C)Oc2ccc(Cl)cc2)c1. The van der Waals surface area contributed by atoms with Gasteiger partial charge in [0, 0.05) is 23.1 Å². The van der Waals surface area contributed by atoms with E-state index in [0.717, 1.165) is 11.5 Å². The van der Waals surface area contributed by atoms with E-state index < -0.39 is 6.10 Å². The van der Waals surface area contributed by atoms with Crippen LogP contribution in [0.25, 0.3) is 0 Å². The molecule has 5 heteroatoms. The topological polar surface area (TPSA) is 38.3 Å². The first-order valence-electron chi connectivity index (χ1n) is 7.88. The molecule has 1 atom stereocenters. The summed E-state index contributed by atoms with van der Waals surface area (Å²) in [5.74, 6) is 2.35. The van der Waals surface area contributed by atoms with E-state index >= 15 is 0 Å². The highest BCUT2D eigenvalue weighted by Gasteiger charge is 2.13. The molecule has 0 aliphatic rings. The zero-order chi connectivity index (χ0) is 17.4. The van der Waals surface area contributed by atoms with Crippen molar-refractivity contribution in [1.82, 2.24) is 5.32 Å². The van der Waals surface area contributed by atoms with Gasteiger partial charge >= 0.3 is 0 Å². The van der Waals surface area contributed by atoms with Crippen LogP contribution in [0.3, 0.4) is 0 Å². The minimum absolute atomic E-state index is 0.110. The first-order chi connectivity index (χ1) is 11.5. The van der Waals surface area contributed by atoms with Crippen molar-refractivity contribution in [2.45, 2.75) is 25.7 Å². The van der Waals surface area contributed by atoms with Crippen LogP contribution in [-0.4, -0.2) is 24.3 Å². The summed E-state index contributed by atoms with van der Waals surface area (Å²) in [5.41, 5.74) is 2.58. The van der Waals surface area contributed by atoms with Crippen LogP contribution in [0, 0.1) is 6.92 Å². The van der Waals surface area contributed by atoms with Crippen LogP contribution < -0.4 is 10.1 Å². The van der Waals surface area contributed by atoms with Crippen molar-refractivity contribution in [3.8, 4) is 5.75 Å². The standard InChI is InChI=1S/C19H22ClNO2S/c1-14-4-3-5-16(12-14)13-24-11-10-21-19(22)15(2)23-18-8-6-17(20)7-9-18/h3-9,12,15H,10-11,13H2,1-2H3,(H,21,22). The van der Waals surface area contributed by atoms with Gasteiger partial charge in [-0.2, -0.15) is 11.8 Å². The Morgan fingerprint density at radius 1 is 1.25 bits per heavy atom. The monoisotopic (exact) mass is 363 g/mol. The lowest BCUT2D eigenvalue weighted by Crippen LogP contribution is -2.37. The number of carbonyl (C=O) groups is 1. The van der Waals surface area contributed by atoms with E-state index in [1.54, 1.807) is 43.0 Å². The molecule has 0 aliphatic carbocycles. The molecule has 24 heavy (non-hydrogen) atoms. The zero-order valence-electron chi connectivity index (χ0n) is 13.9. The predicted octanol–water partition coefficient (Wildman–Crippen LogP) is 4.47. The number of nitrogens with one attached hydrogen (secondary N) is 1. The van der Waals surface area contributed by atoms with Gasteiger partial charge in [-0.1, -0.05) is 41.4 Å². The van der Waals surface area contributed by atoms with Gasteiger partial charge in [-0.25, -0.2) is 0 Å². The summed E-state index contributed by atoms with van der Waals surface area (Å²) in [6, 6.07) is 15.5. The molecular weight excluding hydrogens is 342 g/mol. The summed E-state index contributed by atoms with van der Waals surface area (Å²) in [4.78, 5) is 12.0. The number of carbonyl (C=O) groups excluding carboxylic acids is 1. The van der Waals surface area contributed by atoms with Gasteiger partial charge in [0.15, 0.2) is 6.10 Å². The number of hydrogen-bond donors (Lipinski definition) is 1. The maximum atomic E-state index is 12.0. The molecule has 2 aromatic carbocycles. The summed E-state index contributed by atoms with van der Waals surface area (Å²) < 4.78 is 5.59. The normalized spacial score (nSPS) is 11.8. The van der Waals surface area contributed by atoms with Gasteiger partial charge in [-0.05, 0) is 43.7 Å². The molecule has 0 bridgehead atoms. The highest BCUT2D eigenvalue weighted by atomic mass is 35.5. The number of amides is 1. The van der Waals surface area contributed by atoms with E-state index in [9.17, 15) is 4.79 Å². The van der Waals surface area contributed by atoms with E-state index in [-0.39, 0.29) is 5.91 Å². The molecule has 3 nitrogen and oxygen atoms in total. The van der Waals surface area contributed by atoms with E-state index in [0.29, 0.717) is 17.3 Å². The molecule has 0 saturated heterocycles. The Balaban J connectivity index is 1.64. The second kappa shape index (κ2) is 9.60. The fourth-order valence-electron chi connectivity index (χ4n) is 2.15. The molecule has 0 heterocycles. The third-order valence-electron chi connectivity index (χ3n) is 3.39. The zero-order valence-corrected chi connectivity index (χ0v) is 15.5. The number of hydrogen-bond acceptors (Lipinski definition) is 3. The molecule has 0 aliphatic heterocycles. The fourth-order valence-corrected chi connectivity index (χ4v) is 3.08. The Hall–Kier alpha value is -1.65. The van der Waals surface area contributed by atoms with Crippen molar-refractivity contribution < 1.29 is 9.53 Å². The largest absolute Gasteiger partial charge is 0.481 e. The van der Waals surface area contributed by atoms with Crippen molar-refractivity contribution in [3.63, 3.8) is 0 Å². The van der Waals surface area contributed by atoms with Crippen molar-refractivity contribution in [2.75, 3.05) is 12.3 Å². The molecule has 1 N–H and O–H groups in total. The summed E-state index contributed by atoms with van der Waals surface area (Å²) >= 11 is 7.63. The van der Waals surface area contributed by atoms with Crippen molar-refractivity contribution in [2.24, 2.45) is 0 Å². The summed E-state index contributed by atoms with van der Waals surface area (Å²) in [5, 5.41) is 3.54. The Morgan fingerprint density at radius 2 is 2.00 bits per heavy atom. The van der Waals surface area contributed by atoms with E-state index in [2.05, 4.69) is 36.5 Å². The van der Waals surface area contributed by atoms with E-state index in [1.807, 2.05) is 0 Å². The lowest BCUT2D eigenvalue weighted by molar-refractivity contribution is -0.127. The molecule has 128 valence electrons. The summed E-state index contributed by atoms with van der Waals surface area (Å²) in [7, 11) is 0. The average molecular weight is 364 g/mol. The third-order valence-corrected chi connectivity index (χ3v) is 4.67. The molecule has 0 radical (unpaired) electrons. The fraction of sp³-hybridized carbons (Fsp3) is 0.316. The minimum atomic E-state index is -0.534. The number of rotatable bonds is 8. The second-order valence-corrected chi connectivity index (χ2v) is 7.09. The van der Waals surface area contributed by atoms with Gasteiger partial charge in [0.2, 0.25) is 0 Å². The van der Waals surface area contributed by atoms with Gasteiger partial charge in [-0.3, -0.25) is 4.79 Å². The first kappa shape index (κ1) is 18.7. The third kappa shape index (κ3) is 6.46. The Labute approximate surface area is 152 Å². The Morgan fingerprint density at radius 3 is 2.71 bits per heavy atom. The lowest BCUT2D eigenvalue weighted by atomic mass is 10.2. The number of halogens is 1. The molecule has 0 fully saturated rings. The van der Waals surface area contributed by atoms with Gasteiger partial charge < -0.3 is 10.1 Å². The molecule has 0 aromatic heterocycles. The summed E-state index contributed by atoms with van der Waals surface area (Å²) in [6.45, 7) is 4.46. The molecule has 0 spiro atoms. The van der Waals surface area contributed by atoms with Crippen LogP contribution in [0.4, 0.5) is 0 Å². The maximum Gasteiger partial charge on any atom is 0.260 e. The van der Waals surface area contributed by atoms with Crippen LogP contribution in [0.5, 0.6) is 5.75 Å². The molecule has 0 saturated carbocycles. The van der Waals surface area contributed by atoms with Gasteiger partial charge in [-0.15, -0.1) is 0 Å². The second-order valence-electron chi connectivity index (χ2n) is 5.55. The lowest BCUT2D eigenvalue weighted by Gasteiger charge is -2.14. The van der Waals surface area contributed by atoms with Crippen LogP contribution in [-0.2, 0) is 10.5 Å². The number of benzene rings is 2. The van der Waals surface area contributed by atoms with E-state index in [4.69, 9.17) is 16.3 Å². The van der Waals surface area contributed by atoms with Gasteiger partial charge in [0.1, 0.15) is 5.75 Å². The van der Waals surface area contributed by atoms with Crippen LogP contribution in [0.2, 0.25) is 5.02 Å². The molecule has 2 rings (SSSR count). The van der Waals surface area contributed by atoms with Crippen LogP contribution >= 0.6 is 23.4 Å². The molecule has 1 amide bonds. The Kier molecular flexibility index (Phi) is 7.47. The van der Waals surface area contributed by atoms with Gasteiger partial charge in [0.25, 0.3) is 5.91 Å². The first-order valence-corrected chi connectivity index (χ1v) is 9.41. The Bertz CT molecular complexity index is 661. The summed E-state index contributed by atoms with van der Waals surface area (Å²) in [6.07, 6.45) is -0.534. The van der Waals surface area contributed by atoms with E-state index in [1.165, 1.54) is 11.1 Å². The number of thioether (sulfide) groups is 1. The number of aryl methyl sites for hydroxylation is 1. The molecule has 1 unspecified atom stereocenters. The average Bonchev–Trinajstić information content (AvgIpc) is 2.56. The number of ether oxygens (including phenoxy) is 1. The van der Waals surface area contributed by atoms with Crippen LogP contribution in [0.15, 0.2) is 48.5 Å². The smallest absolute Gasteiger partial charge is 0.260 e. The maximum absolute atomic E-state index is 12.0. The predicted molar refractivity (Wildman–Crippen MR) is 102 cm³/mol. The minimum Gasteiger partial charge on any atom is -0.481 e. The highest BCUT2D eigenvalue weighted by molar-refractivity contribution is 7.98. The van der Waals surface area contributed by atoms with Crippen molar-refractivity contribution in [1.29, 1.82) is 0 Å². The molecular formula is C19H22ClNO2S. The highest BCUT2D eigenvalue weighted by Crippen LogP contribution is 2.17. The van der Waals surface area contributed by atoms with Gasteiger partial charge in [0.05, 0.1) is 0 Å². The quantitative estimate of drug-likeness (QED) is 0.703. The molecule has 2 aromatic rings. The van der Waals surface area contributed by atoms with Crippen molar-refractivity contribution in [3.05, 3.63) is 64.7 Å². The van der Waals surface area contributed by atoms with Crippen LogP contribution in [0.1, 0.15) is 18.1 Å².